The van der Waals surface area contributed by atoms with Crippen LogP contribution in [0.4, 0.5) is 4.79 Å². The summed E-state index contributed by atoms with van der Waals surface area (Å²) in [6.07, 6.45) is -0.0208. The lowest BCUT2D eigenvalue weighted by Crippen LogP contribution is -2.41. The zero-order chi connectivity index (χ0) is 15.3. The number of aliphatic hydroxyl groups excluding tert-OH is 1. The molecule has 1 fully saturated rings. The van der Waals surface area contributed by atoms with Gasteiger partial charge in [0, 0.05) is 12.5 Å². The maximum Gasteiger partial charge on any atom is 0.407 e. The summed E-state index contributed by atoms with van der Waals surface area (Å²) in [6.45, 7) is 0.0702. The monoisotopic (exact) mass is 293 g/mol. The van der Waals surface area contributed by atoms with Gasteiger partial charge in [-0.2, -0.15) is 0 Å². The highest BCUT2D eigenvalue weighted by molar-refractivity contribution is 5.75. The Bertz CT molecular complexity index is 504. The van der Waals surface area contributed by atoms with Crippen LogP contribution in [-0.2, 0) is 20.9 Å². The zero-order valence-electron chi connectivity index (χ0n) is 11.9. The molecule has 0 aromatic heterocycles. The molecule has 2 rings (SSSR count). The fourth-order valence-corrected chi connectivity index (χ4v) is 2.33. The van der Waals surface area contributed by atoms with E-state index in [2.05, 4.69) is 10.1 Å². The lowest BCUT2D eigenvalue weighted by Gasteiger charge is -2.17. The van der Waals surface area contributed by atoms with Crippen molar-refractivity contribution in [3.8, 4) is 0 Å². The number of alkyl carbamates (subject to hydrolysis) is 1. The first-order valence-electron chi connectivity index (χ1n) is 6.76. The minimum Gasteiger partial charge on any atom is -0.469 e. The lowest BCUT2D eigenvalue weighted by molar-refractivity contribution is -0.141. The molecule has 2 N–H and O–H groups in total. The summed E-state index contributed by atoms with van der Waals surface area (Å²) in [5.41, 5.74) is 0.138. The van der Waals surface area contributed by atoms with Crippen molar-refractivity contribution in [2.24, 2.45) is 5.92 Å². The Hall–Kier alpha value is -2.08. The number of amides is 1. The van der Waals surface area contributed by atoms with E-state index in [4.69, 9.17) is 4.74 Å². The molecule has 0 heterocycles. The van der Waals surface area contributed by atoms with E-state index in [0.717, 1.165) is 5.56 Å². The molecule has 1 aliphatic carbocycles. The summed E-state index contributed by atoms with van der Waals surface area (Å²) in [7, 11) is 1.29. The van der Waals surface area contributed by atoms with Crippen molar-refractivity contribution < 1.29 is 24.2 Å². The van der Waals surface area contributed by atoms with Crippen LogP contribution in [-0.4, -0.2) is 36.4 Å². The fourth-order valence-electron chi connectivity index (χ4n) is 2.33. The van der Waals surface area contributed by atoms with Crippen molar-refractivity contribution in [3.63, 3.8) is 0 Å². The van der Waals surface area contributed by atoms with E-state index in [-0.39, 0.29) is 25.6 Å². The topological polar surface area (TPSA) is 84.9 Å². The van der Waals surface area contributed by atoms with Gasteiger partial charge in [-0.3, -0.25) is 4.79 Å². The number of esters is 1. The van der Waals surface area contributed by atoms with Crippen LogP contribution in [0.1, 0.15) is 18.4 Å². The smallest absolute Gasteiger partial charge is 0.407 e. The van der Waals surface area contributed by atoms with E-state index in [1.54, 1.807) is 0 Å². The quantitative estimate of drug-likeness (QED) is 0.771. The second-order valence-corrected chi connectivity index (χ2v) is 5.18. The summed E-state index contributed by atoms with van der Waals surface area (Å²) in [4.78, 5) is 23.2. The summed E-state index contributed by atoms with van der Waals surface area (Å²) in [5, 5.41) is 11.9. The number of hydrogen-bond acceptors (Lipinski definition) is 5. The zero-order valence-corrected chi connectivity index (χ0v) is 11.9. The molecule has 0 aliphatic heterocycles. The number of nitrogens with one attached hydrogen (secondary N) is 1. The van der Waals surface area contributed by atoms with Gasteiger partial charge in [-0.15, -0.1) is 0 Å². The average molecular weight is 293 g/mol. The summed E-state index contributed by atoms with van der Waals surface area (Å²) >= 11 is 0. The molecule has 1 amide bonds. The highest BCUT2D eigenvalue weighted by Crippen LogP contribution is 2.46. The molecular weight excluding hydrogens is 274 g/mol. The van der Waals surface area contributed by atoms with Gasteiger partial charge in [0.15, 0.2) is 0 Å². The SMILES string of the molecule is COC(=O)C[C@@]1(NC(=O)OCc2ccccc2)C[C@H]1CO. The molecule has 0 spiro atoms. The van der Waals surface area contributed by atoms with Gasteiger partial charge < -0.3 is 19.9 Å². The Morgan fingerprint density at radius 1 is 1.38 bits per heavy atom. The number of ether oxygens (including phenoxy) is 2. The first-order chi connectivity index (χ1) is 10.1. The second-order valence-electron chi connectivity index (χ2n) is 5.18. The van der Waals surface area contributed by atoms with Crippen molar-refractivity contribution >= 4 is 12.1 Å². The number of aliphatic hydroxyl groups is 1. The lowest BCUT2D eigenvalue weighted by atomic mass is 10.1. The van der Waals surface area contributed by atoms with Crippen molar-refractivity contribution in [1.29, 1.82) is 0 Å². The van der Waals surface area contributed by atoms with Gasteiger partial charge in [0.2, 0.25) is 0 Å². The van der Waals surface area contributed by atoms with Crippen molar-refractivity contribution in [2.75, 3.05) is 13.7 Å². The predicted molar refractivity (Wildman–Crippen MR) is 74.3 cm³/mol. The van der Waals surface area contributed by atoms with E-state index in [1.807, 2.05) is 30.3 Å². The molecular formula is C15H19NO5. The first kappa shape index (κ1) is 15.3. The first-order valence-corrected chi connectivity index (χ1v) is 6.76. The van der Waals surface area contributed by atoms with E-state index in [1.165, 1.54) is 7.11 Å². The molecule has 0 bridgehead atoms. The Morgan fingerprint density at radius 3 is 2.67 bits per heavy atom. The van der Waals surface area contributed by atoms with E-state index in [9.17, 15) is 14.7 Å². The van der Waals surface area contributed by atoms with Gasteiger partial charge in [-0.25, -0.2) is 4.79 Å². The van der Waals surface area contributed by atoms with Crippen LogP contribution in [0, 0.1) is 5.92 Å². The number of rotatable bonds is 6. The summed E-state index contributed by atoms with van der Waals surface area (Å²) in [6, 6.07) is 9.30. The van der Waals surface area contributed by atoms with Crippen molar-refractivity contribution in [2.45, 2.75) is 25.0 Å². The highest BCUT2D eigenvalue weighted by Gasteiger charge is 2.56. The minimum absolute atomic E-state index is 0.0369. The van der Waals surface area contributed by atoms with Crippen molar-refractivity contribution in [3.05, 3.63) is 35.9 Å². The summed E-state index contributed by atoms with van der Waals surface area (Å²) < 4.78 is 9.75. The highest BCUT2D eigenvalue weighted by atomic mass is 16.5. The molecule has 6 heteroatoms. The van der Waals surface area contributed by atoms with Crippen LogP contribution in [0.25, 0.3) is 0 Å². The Labute approximate surface area is 123 Å². The number of benzene rings is 1. The fraction of sp³-hybridized carbons (Fsp3) is 0.467. The Morgan fingerprint density at radius 2 is 2.10 bits per heavy atom. The van der Waals surface area contributed by atoms with E-state index >= 15 is 0 Å². The van der Waals surface area contributed by atoms with E-state index in [0.29, 0.717) is 6.42 Å². The Balaban J connectivity index is 1.86. The molecule has 1 saturated carbocycles. The summed E-state index contributed by atoms with van der Waals surface area (Å²) in [5.74, 6) is -0.560. The van der Waals surface area contributed by atoms with Gasteiger partial charge >= 0.3 is 12.1 Å². The van der Waals surface area contributed by atoms with Crippen LogP contribution in [0.5, 0.6) is 0 Å². The van der Waals surface area contributed by atoms with Crippen LogP contribution < -0.4 is 5.32 Å². The molecule has 1 aromatic rings. The van der Waals surface area contributed by atoms with Crippen LogP contribution in [0.3, 0.4) is 0 Å². The number of carbonyl (C=O) groups is 2. The van der Waals surface area contributed by atoms with Crippen molar-refractivity contribution in [1.82, 2.24) is 5.32 Å². The molecule has 6 nitrogen and oxygen atoms in total. The molecule has 0 unspecified atom stereocenters. The number of hydrogen-bond donors (Lipinski definition) is 2. The molecule has 1 aliphatic rings. The van der Waals surface area contributed by atoms with Gasteiger partial charge in [-0.05, 0) is 12.0 Å². The molecule has 1 aromatic carbocycles. The van der Waals surface area contributed by atoms with E-state index < -0.39 is 17.6 Å². The van der Waals surface area contributed by atoms with Crippen LogP contribution in [0.2, 0.25) is 0 Å². The maximum absolute atomic E-state index is 11.8. The van der Waals surface area contributed by atoms with Crippen LogP contribution in [0.15, 0.2) is 30.3 Å². The minimum atomic E-state index is -0.740. The second kappa shape index (κ2) is 6.58. The normalized spacial score (nSPS) is 23.2. The van der Waals surface area contributed by atoms with Gasteiger partial charge in [0.05, 0.1) is 19.1 Å². The van der Waals surface area contributed by atoms with Gasteiger partial charge in [-0.1, -0.05) is 30.3 Å². The standard InChI is InChI=1S/C15H19NO5/c1-20-13(18)8-15(7-12(15)9-17)16-14(19)21-10-11-5-3-2-4-6-11/h2-6,12,17H,7-10H2,1H3,(H,16,19)/t12-,15-/m0/s1. The third-order valence-corrected chi connectivity index (χ3v) is 3.70. The predicted octanol–water partition coefficient (Wildman–Crippen LogP) is 1.23. The number of methoxy groups -OCH3 is 1. The van der Waals surface area contributed by atoms with Gasteiger partial charge in [0.25, 0.3) is 0 Å². The third-order valence-electron chi connectivity index (χ3n) is 3.70. The number of carbonyl (C=O) groups excluding carboxylic acids is 2. The molecule has 21 heavy (non-hydrogen) atoms. The van der Waals surface area contributed by atoms with Crippen LogP contribution >= 0.6 is 0 Å². The van der Waals surface area contributed by atoms with Gasteiger partial charge in [0.1, 0.15) is 6.61 Å². The largest absolute Gasteiger partial charge is 0.469 e. The average Bonchev–Trinajstić information content (AvgIpc) is 3.18. The molecule has 114 valence electrons. The Kier molecular flexibility index (Phi) is 4.80. The maximum atomic E-state index is 11.8. The molecule has 2 atom stereocenters. The third kappa shape index (κ3) is 3.95. The molecule has 0 saturated heterocycles. The molecule has 0 radical (unpaired) electrons.